The molecule has 1 heterocycles. The number of fused-ring (bicyclic) bond motifs is 1. The van der Waals surface area contributed by atoms with Crippen molar-refractivity contribution in [3.05, 3.63) is 66.8 Å². The molecule has 6 heteroatoms. The maximum Gasteiger partial charge on any atom is 0.211 e. The van der Waals surface area contributed by atoms with Crippen molar-refractivity contribution in [2.45, 2.75) is 6.54 Å². The molecule has 0 radical (unpaired) electrons. The molecule has 0 amide bonds. The molecule has 0 fully saturated rings. The van der Waals surface area contributed by atoms with Gasteiger partial charge in [-0.2, -0.15) is 0 Å². The first-order chi connectivity index (χ1) is 11.1. The van der Waals surface area contributed by atoms with Gasteiger partial charge in [0.15, 0.2) is 5.58 Å². The second-order valence-electron chi connectivity index (χ2n) is 4.89. The maximum absolute atomic E-state index is 12.4. The highest BCUT2D eigenvalue weighted by Gasteiger charge is 2.13. The Morgan fingerprint density at radius 1 is 1.22 bits per heavy atom. The van der Waals surface area contributed by atoms with Crippen LogP contribution in [0.15, 0.2) is 51.7 Å². The van der Waals surface area contributed by atoms with Gasteiger partial charge in [-0.05, 0) is 52.4 Å². The van der Waals surface area contributed by atoms with Gasteiger partial charge < -0.3 is 14.5 Å². The van der Waals surface area contributed by atoms with Gasteiger partial charge in [0.05, 0.1) is 17.5 Å². The highest BCUT2D eigenvalue weighted by Crippen LogP contribution is 2.27. The van der Waals surface area contributed by atoms with E-state index >= 15 is 0 Å². The van der Waals surface area contributed by atoms with Crippen LogP contribution in [0.4, 0.5) is 5.88 Å². The monoisotopic (exact) mass is 441 g/mol. The van der Waals surface area contributed by atoms with Crippen LogP contribution in [0.5, 0.6) is 5.75 Å². The largest absolute Gasteiger partial charge is 0.497 e. The van der Waals surface area contributed by atoms with Crippen LogP contribution in [-0.4, -0.2) is 7.11 Å². The molecule has 3 rings (SSSR count). The lowest BCUT2D eigenvalue weighted by Gasteiger charge is -2.10. The minimum Gasteiger partial charge on any atom is -0.497 e. The Morgan fingerprint density at radius 3 is 2.65 bits per heavy atom. The average molecular weight is 442 g/mol. The second-order valence-corrected chi connectivity index (χ2v) is 6.38. The molecule has 0 spiro atoms. The number of halogens is 2. The summed E-state index contributed by atoms with van der Waals surface area (Å²) in [6, 6.07) is 12.8. The molecule has 0 saturated carbocycles. The molecule has 0 unspecified atom stereocenters. The van der Waals surface area contributed by atoms with Crippen molar-refractivity contribution in [2.24, 2.45) is 0 Å². The molecule has 0 bridgehead atoms. The number of ether oxygens (including phenoxy) is 1. The fourth-order valence-electron chi connectivity index (χ4n) is 2.20. The van der Waals surface area contributed by atoms with Crippen LogP contribution in [0.25, 0.3) is 11.0 Å². The second kappa shape index (κ2) is 6.80. The zero-order valence-corrected chi connectivity index (χ0v) is 15.1. The Labute approximate surface area is 151 Å². The summed E-state index contributed by atoms with van der Waals surface area (Å²) in [7, 11) is 1.63. The molecule has 0 saturated heterocycles. The van der Waals surface area contributed by atoms with Crippen molar-refractivity contribution in [1.82, 2.24) is 0 Å². The highest BCUT2D eigenvalue weighted by atomic mass is 127. The van der Waals surface area contributed by atoms with Gasteiger partial charge in [-0.1, -0.05) is 29.8 Å². The van der Waals surface area contributed by atoms with Crippen molar-refractivity contribution in [3.63, 3.8) is 0 Å². The van der Waals surface area contributed by atoms with E-state index in [1.807, 2.05) is 46.9 Å². The van der Waals surface area contributed by atoms with E-state index in [-0.39, 0.29) is 5.43 Å². The van der Waals surface area contributed by atoms with E-state index in [2.05, 4.69) is 5.32 Å². The predicted octanol–water partition coefficient (Wildman–Crippen LogP) is 4.67. The summed E-state index contributed by atoms with van der Waals surface area (Å²) >= 11 is 8.11. The normalized spacial score (nSPS) is 10.7. The molecular formula is C17H13ClINO3. The minimum atomic E-state index is -0.0911. The third-order valence-electron chi connectivity index (χ3n) is 3.43. The Bertz CT molecular complexity index is 906. The van der Waals surface area contributed by atoms with Gasteiger partial charge in [0, 0.05) is 6.54 Å². The summed E-state index contributed by atoms with van der Waals surface area (Å²) in [5.74, 6) is 1.22. The summed E-state index contributed by atoms with van der Waals surface area (Å²) in [5.41, 5.74) is 1.35. The third kappa shape index (κ3) is 3.30. The van der Waals surface area contributed by atoms with Crippen molar-refractivity contribution in [3.8, 4) is 5.75 Å². The Kier molecular flexibility index (Phi) is 4.77. The number of hydrogen-bond donors (Lipinski definition) is 1. The number of anilines is 1. The third-order valence-corrected chi connectivity index (χ3v) is 4.70. The fraction of sp³-hybridized carbons (Fsp3) is 0.118. The Hall–Kier alpha value is -1.73. The number of para-hydroxylation sites is 1. The lowest BCUT2D eigenvalue weighted by Crippen LogP contribution is -2.11. The van der Waals surface area contributed by atoms with Crippen LogP contribution >= 0.6 is 34.2 Å². The van der Waals surface area contributed by atoms with Gasteiger partial charge in [0.25, 0.3) is 0 Å². The number of methoxy groups -OCH3 is 1. The van der Waals surface area contributed by atoms with Crippen LogP contribution in [0.1, 0.15) is 5.56 Å². The molecule has 0 aliphatic carbocycles. The summed E-state index contributed by atoms with van der Waals surface area (Å²) in [6.45, 7) is 0.527. The average Bonchev–Trinajstić information content (AvgIpc) is 2.58. The lowest BCUT2D eigenvalue weighted by molar-refractivity contribution is 0.414. The van der Waals surface area contributed by atoms with E-state index in [9.17, 15) is 4.79 Å². The van der Waals surface area contributed by atoms with Crippen molar-refractivity contribution >= 4 is 51.0 Å². The Balaban J connectivity index is 1.91. The van der Waals surface area contributed by atoms with Gasteiger partial charge in [0.2, 0.25) is 11.3 Å². The van der Waals surface area contributed by atoms with Crippen molar-refractivity contribution < 1.29 is 9.15 Å². The van der Waals surface area contributed by atoms with E-state index < -0.39 is 0 Å². The van der Waals surface area contributed by atoms with E-state index in [0.29, 0.717) is 32.0 Å². The molecule has 23 heavy (non-hydrogen) atoms. The number of hydrogen-bond acceptors (Lipinski definition) is 4. The molecule has 2 aromatic carbocycles. The number of benzene rings is 2. The first kappa shape index (κ1) is 16.1. The van der Waals surface area contributed by atoms with Crippen LogP contribution in [0.3, 0.4) is 0 Å². The van der Waals surface area contributed by atoms with E-state index in [1.54, 1.807) is 25.3 Å². The van der Waals surface area contributed by atoms with Gasteiger partial charge >= 0.3 is 0 Å². The van der Waals surface area contributed by atoms with Gasteiger partial charge in [-0.3, -0.25) is 4.79 Å². The van der Waals surface area contributed by atoms with Crippen molar-refractivity contribution in [1.29, 1.82) is 0 Å². The van der Waals surface area contributed by atoms with Crippen LogP contribution < -0.4 is 15.5 Å². The molecule has 0 aliphatic heterocycles. The zero-order chi connectivity index (χ0) is 16.4. The number of rotatable bonds is 4. The summed E-state index contributed by atoms with van der Waals surface area (Å²) in [4.78, 5) is 12.4. The minimum absolute atomic E-state index is 0.0911. The van der Waals surface area contributed by atoms with Crippen molar-refractivity contribution in [2.75, 3.05) is 12.4 Å². The summed E-state index contributed by atoms with van der Waals surface area (Å²) in [5, 5.41) is 4.06. The van der Waals surface area contributed by atoms with Gasteiger partial charge in [-0.25, -0.2) is 0 Å². The molecule has 1 N–H and O–H groups in total. The summed E-state index contributed by atoms with van der Waals surface area (Å²) in [6.07, 6.45) is 0. The lowest BCUT2D eigenvalue weighted by atomic mass is 10.2. The zero-order valence-electron chi connectivity index (χ0n) is 12.2. The topological polar surface area (TPSA) is 51.5 Å². The molecule has 4 nitrogen and oxygen atoms in total. The van der Waals surface area contributed by atoms with Crippen LogP contribution in [-0.2, 0) is 6.54 Å². The summed E-state index contributed by atoms with van der Waals surface area (Å²) < 4.78 is 11.4. The fourth-order valence-corrected chi connectivity index (χ4v) is 3.00. The quantitative estimate of drug-likeness (QED) is 0.598. The van der Waals surface area contributed by atoms with Crippen LogP contribution in [0.2, 0.25) is 5.02 Å². The van der Waals surface area contributed by atoms with E-state index in [4.69, 9.17) is 20.8 Å². The highest BCUT2D eigenvalue weighted by molar-refractivity contribution is 14.1. The SMILES string of the molecule is COc1ccc(CNc2oc3c(Cl)cccc3c(=O)c2I)cc1. The van der Waals surface area contributed by atoms with Crippen LogP contribution in [0, 0.1) is 3.57 Å². The molecule has 3 aromatic rings. The maximum atomic E-state index is 12.4. The smallest absolute Gasteiger partial charge is 0.211 e. The first-order valence-electron chi connectivity index (χ1n) is 6.88. The molecule has 1 aromatic heterocycles. The van der Waals surface area contributed by atoms with E-state index in [0.717, 1.165) is 11.3 Å². The molecular weight excluding hydrogens is 429 g/mol. The molecule has 118 valence electrons. The first-order valence-corrected chi connectivity index (χ1v) is 8.33. The molecule has 0 aliphatic rings. The van der Waals surface area contributed by atoms with E-state index in [1.165, 1.54) is 0 Å². The predicted molar refractivity (Wildman–Crippen MR) is 101 cm³/mol. The van der Waals surface area contributed by atoms with Gasteiger partial charge in [0.1, 0.15) is 9.32 Å². The van der Waals surface area contributed by atoms with Gasteiger partial charge in [-0.15, -0.1) is 0 Å². The Morgan fingerprint density at radius 2 is 1.96 bits per heavy atom. The standard InChI is InChI=1S/C17H13ClINO3/c1-22-11-7-5-10(6-8-11)9-20-17-14(19)15(21)12-3-2-4-13(18)16(12)23-17/h2-8,20H,9H2,1H3. The number of nitrogens with one attached hydrogen (secondary N) is 1. The molecule has 0 atom stereocenters.